The molecule has 0 radical (unpaired) electrons. The van der Waals surface area contributed by atoms with E-state index >= 15 is 0 Å². The van der Waals surface area contributed by atoms with Crippen molar-refractivity contribution < 1.29 is 9.53 Å². The summed E-state index contributed by atoms with van der Waals surface area (Å²) in [5.41, 5.74) is 2.28. The van der Waals surface area contributed by atoms with Crippen molar-refractivity contribution in [3.63, 3.8) is 0 Å². The SMILES string of the molecule is COCc1cc(=O)n(CC(=O)Nc2ccc(C)cc2Cl)c(-c2ccncc2)n1. The smallest absolute Gasteiger partial charge is 0.254 e. The third-order valence-corrected chi connectivity index (χ3v) is 4.31. The number of anilines is 1. The van der Waals surface area contributed by atoms with E-state index in [0.29, 0.717) is 27.8 Å². The highest BCUT2D eigenvalue weighted by molar-refractivity contribution is 6.33. The summed E-state index contributed by atoms with van der Waals surface area (Å²) in [6.45, 7) is 1.89. The van der Waals surface area contributed by atoms with E-state index in [1.807, 2.05) is 13.0 Å². The molecule has 8 heteroatoms. The lowest BCUT2D eigenvalue weighted by Gasteiger charge is -2.14. The number of nitrogens with one attached hydrogen (secondary N) is 1. The Hall–Kier alpha value is -3.03. The molecule has 0 fully saturated rings. The van der Waals surface area contributed by atoms with Gasteiger partial charge < -0.3 is 10.1 Å². The minimum absolute atomic E-state index is 0.194. The predicted octanol–water partition coefficient (Wildman–Crippen LogP) is 3.05. The molecule has 3 aromatic rings. The predicted molar refractivity (Wildman–Crippen MR) is 107 cm³/mol. The largest absolute Gasteiger partial charge is 0.378 e. The van der Waals surface area contributed by atoms with Crippen molar-refractivity contribution in [3.05, 3.63) is 75.4 Å². The topological polar surface area (TPSA) is 86.1 Å². The quantitative estimate of drug-likeness (QED) is 0.689. The third-order valence-electron chi connectivity index (χ3n) is 3.99. The lowest BCUT2D eigenvalue weighted by Crippen LogP contribution is -2.30. The normalized spacial score (nSPS) is 10.7. The van der Waals surface area contributed by atoms with Crippen LogP contribution in [0.15, 0.2) is 53.6 Å². The lowest BCUT2D eigenvalue weighted by atomic mass is 10.2. The molecule has 28 heavy (non-hydrogen) atoms. The van der Waals surface area contributed by atoms with Crippen molar-refractivity contribution in [2.45, 2.75) is 20.1 Å². The van der Waals surface area contributed by atoms with Gasteiger partial charge in [0.2, 0.25) is 5.91 Å². The van der Waals surface area contributed by atoms with Crippen LogP contribution >= 0.6 is 11.6 Å². The highest BCUT2D eigenvalue weighted by Gasteiger charge is 2.15. The fraction of sp³-hybridized carbons (Fsp3) is 0.200. The number of carbonyl (C=O) groups excluding carboxylic acids is 1. The van der Waals surface area contributed by atoms with Crippen LogP contribution in [0.2, 0.25) is 5.02 Å². The Bertz CT molecular complexity index is 1050. The van der Waals surface area contributed by atoms with Crippen molar-refractivity contribution in [1.29, 1.82) is 0 Å². The summed E-state index contributed by atoms with van der Waals surface area (Å²) in [5.74, 6) is -0.0171. The molecule has 0 unspecified atom stereocenters. The van der Waals surface area contributed by atoms with Gasteiger partial charge >= 0.3 is 0 Å². The first kappa shape index (κ1) is 19.7. The van der Waals surface area contributed by atoms with Crippen LogP contribution in [-0.2, 0) is 22.7 Å². The maximum Gasteiger partial charge on any atom is 0.254 e. The van der Waals surface area contributed by atoms with E-state index in [1.165, 1.54) is 17.7 Å². The highest BCUT2D eigenvalue weighted by atomic mass is 35.5. The van der Waals surface area contributed by atoms with Gasteiger partial charge in [0.1, 0.15) is 12.4 Å². The summed E-state index contributed by atoms with van der Waals surface area (Å²) in [5, 5.41) is 3.17. The zero-order valence-corrected chi connectivity index (χ0v) is 16.2. The van der Waals surface area contributed by atoms with Crippen LogP contribution in [-0.4, -0.2) is 27.6 Å². The van der Waals surface area contributed by atoms with Crippen LogP contribution in [0.4, 0.5) is 5.69 Å². The van der Waals surface area contributed by atoms with Gasteiger partial charge in [-0.2, -0.15) is 0 Å². The van der Waals surface area contributed by atoms with Gasteiger partial charge in [-0.05, 0) is 36.8 Å². The maximum absolute atomic E-state index is 12.7. The molecule has 0 aliphatic carbocycles. The Kier molecular flexibility index (Phi) is 6.18. The van der Waals surface area contributed by atoms with Gasteiger partial charge in [-0.25, -0.2) is 4.98 Å². The number of carbonyl (C=O) groups is 1. The van der Waals surface area contributed by atoms with Gasteiger partial charge in [-0.1, -0.05) is 17.7 Å². The van der Waals surface area contributed by atoms with Crippen LogP contribution < -0.4 is 10.9 Å². The first-order valence-corrected chi connectivity index (χ1v) is 8.92. The first-order chi connectivity index (χ1) is 13.5. The molecule has 0 bridgehead atoms. The van der Waals surface area contributed by atoms with Gasteiger partial charge in [0.05, 0.1) is 23.0 Å². The number of pyridine rings is 1. The molecule has 0 atom stereocenters. The summed E-state index contributed by atoms with van der Waals surface area (Å²) in [6.07, 6.45) is 3.20. The van der Waals surface area contributed by atoms with Gasteiger partial charge in [-0.3, -0.25) is 19.1 Å². The molecule has 0 saturated heterocycles. The number of aromatic nitrogens is 3. The second-order valence-electron chi connectivity index (χ2n) is 6.20. The molecule has 0 aliphatic heterocycles. The number of rotatable bonds is 6. The average Bonchev–Trinajstić information content (AvgIpc) is 2.67. The number of aryl methyl sites for hydroxylation is 1. The summed E-state index contributed by atoms with van der Waals surface area (Å²) < 4.78 is 6.39. The van der Waals surface area contributed by atoms with E-state index in [2.05, 4.69) is 15.3 Å². The van der Waals surface area contributed by atoms with Gasteiger partial charge in [0, 0.05) is 31.1 Å². The minimum atomic E-state index is -0.385. The molecule has 0 spiro atoms. The number of amides is 1. The van der Waals surface area contributed by atoms with E-state index < -0.39 is 0 Å². The minimum Gasteiger partial charge on any atom is -0.378 e. The number of halogens is 1. The molecule has 2 heterocycles. The summed E-state index contributed by atoms with van der Waals surface area (Å²) in [4.78, 5) is 33.7. The fourth-order valence-corrected chi connectivity index (χ4v) is 2.99. The fourth-order valence-electron chi connectivity index (χ4n) is 2.70. The Morgan fingerprint density at radius 1 is 1.21 bits per heavy atom. The second kappa shape index (κ2) is 8.77. The van der Waals surface area contributed by atoms with E-state index in [0.717, 1.165) is 5.56 Å². The monoisotopic (exact) mass is 398 g/mol. The van der Waals surface area contributed by atoms with Crippen molar-refractivity contribution in [2.75, 3.05) is 12.4 Å². The molecule has 0 saturated carbocycles. The molecule has 0 aliphatic rings. The van der Waals surface area contributed by atoms with Gasteiger partial charge in [-0.15, -0.1) is 0 Å². The summed E-state index contributed by atoms with van der Waals surface area (Å²) >= 11 is 6.17. The molecule has 1 N–H and O–H groups in total. The molecule has 3 rings (SSSR count). The molecule has 1 aromatic carbocycles. The third kappa shape index (κ3) is 4.62. The first-order valence-electron chi connectivity index (χ1n) is 8.54. The van der Waals surface area contributed by atoms with Crippen molar-refractivity contribution in [1.82, 2.24) is 14.5 Å². The van der Waals surface area contributed by atoms with Gasteiger partial charge in [0.25, 0.3) is 5.56 Å². The number of hydrogen-bond acceptors (Lipinski definition) is 5. The Labute approximate surface area is 167 Å². The molecule has 144 valence electrons. The number of methoxy groups -OCH3 is 1. The number of hydrogen-bond donors (Lipinski definition) is 1. The van der Waals surface area contributed by atoms with Crippen LogP contribution in [0, 0.1) is 6.92 Å². The van der Waals surface area contributed by atoms with Crippen LogP contribution in [0.25, 0.3) is 11.4 Å². The molecule has 2 aromatic heterocycles. The molecule has 7 nitrogen and oxygen atoms in total. The zero-order chi connectivity index (χ0) is 20.1. The zero-order valence-electron chi connectivity index (χ0n) is 15.5. The second-order valence-corrected chi connectivity index (χ2v) is 6.60. The van der Waals surface area contributed by atoms with Gasteiger partial charge in [0.15, 0.2) is 0 Å². The highest BCUT2D eigenvalue weighted by Crippen LogP contribution is 2.23. The standard InChI is InChI=1S/C20H19ClN4O3/c1-13-3-4-17(16(21)9-13)24-18(26)11-25-19(27)10-15(12-28-2)23-20(25)14-5-7-22-8-6-14/h3-10H,11-12H2,1-2H3,(H,24,26). The number of ether oxygens (including phenoxy) is 1. The Balaban J connectivity index is 1.94. The summed E-state index contributed by atoms with van der Waals surface area (Å²) in [6, 6.07) is 10.1. The lowest BCUT2D eigenvalue weighted by molar-refractivity contribution is -0.116. The summed E-state index contributed by atoms with van der Waals surface area (Å²) in [7, 11) is 1.53. The molecular formula is C20H19ClN4O3. The van der Waals surface area contributed by atoms with E-state index in [-0.39, 0.29) is 24.6 Å². The van der Waals surface area contributed by atoms with Crippen molar-refractivity contribution in [3.8, 4) is 11.4 Å². The van der Waals surface area contributed by atoms with E-state index in [4.69, 9.17) is 16.3 Å². The Morgan fingerprint density at radius 2 is 1.96 bits per heavy atom. The van der Waals surface area contributed by atoms with Crippen molar-refractivity contribution in [2.24, 2.45) is 0 Å². The van der Waals surface area contributed by atoms with E-state index in [1.54, 1.807) is 36.7 Å². The van der Waals surface area contributed by atoms with Crippen molar-refractivity contribution >= 4 is 23.2 Å². The number of benzene rings is 1. The maximum atomic E-state index is 12.7. The van der Waals surface area contributed by atoms with E-state index in [9.17, 15) is 9.59 Å². The Morgan fingerprint density at radius 3 is 2.64 bits per heavy atom. The molecule has 1 amide bonds. The number of nitrogens with zero attached hydrogens (tertiary/aromatic N) is 3. The average molecular weight is 399 g/mol. The van der Waals surface area contributed by atoms with Crippen LogP contribution in [0.3, 0.4) is 0 Å². The molecular weight excluding hydrogens is 380 g/mol. The van der Waals surface area contributed by atoms with Crippen LogP contribution in [0.5, 0.6) is 0 Å². The van der Waals surface area contributed by atoms with Crippen LogP contribution in [0.1, 0.15) is 11.3 Å².